The lowest BCUT2D eigenvalue weighted by molar-refractivity contribution is 0.257. The fourth-order valence-corrected chi connectivity index (χ4v) is 1.53. The van der Waals surface area contributed by atoms with Crippen molar-refractivity contribution in [2.45, 2.75) is 39.5 Å². The molecular formula is C12H20N2O. The van der Waals surface area contributed by atoms with Crippen LogP contribution in [0.2, 0.25) is 0 Å². The van der Waals surface area contributed by atoms with Gasteiger partial charge in [-0.15, -0.1) is 0 Å². The highest BCUT2D eigenvalue weighted by molar-refractivity contribution is 5.06. The molecule has 1 atom stereocenters. The standard InChI is InChI=1S/C12H20N2O/c1-4-10(8-15)12-13-6-5-11(14-12)7-9(2)3/h5-6,9-10,15H,4,7-8H2,1-3H3. The maximum absolute atomic E-state index is 9.17. The molecule has 15 heavy (non-hydrogen) atoms. The van der Waals surface area contributed by atoms with E-state index in [2.05, 4.69) is 23.8 Å². The lowest BCUT2D eigenvalue weighted by Gasteiger charge is -2.11. The topological polar surface area (TPSA) is 46.0 Å². The Morgan fingerprint density at radius 2 is 2.13 bits per heavy atom. The van der Waals surface area contributed by atoms with Gasteiger partial charge in [-0.1, -0.05) is 20.8 Å². The van der Waals surface area contributed by atoms with E-state index in [4.69, 9.17) is 0 Å². The molecule has 0 fully saturated rings. The van der Waals surface area contributed by atoms with E-state index in [0.717, 1.165) is 24.4 Å². The van der Waals surface area contributed by atoms with Crippen LogP contribution in [0.5, 0.6) is 0 Å². The van der Waals surface area contributed by atoms with E-state index in [1.54, 1.807) is 6.20 Å². The van der Waals surface area contributed by atoms with Gasteiger partial charge >= 0.3 is 0 Å². The first-order valence-electron chi connectivity index (χ1n) is 5.60. The minimum Gasteiger partial charge on any atom is -0.396 e. The van der Waals surface area contributed by atoms with Crippen molar-refractivity contribution in [3.8, 4) is 0 Å². The smallest absolute Gasteiger partial charge is 0.133 e. The van der Waals surface area contributed by atoms with Gasteiger partial charge in [0, 0.05) is 17.8 Å². The summed E-state index contributed by atoms with van der Waals surface area (Å²) in [4.78, 5) is 8.70. The minimum absolute atomic E-state index is 0.0807. The minimum atomic E-state index is 0.0807. The SMILES string of the molecule is CCC(CO)c1nccc(CC(C)C)n1. The van der Waals surface area contributed by atoms with Crippen molar-refractivity contribution in [2.75, 3.05) is 6.61 Å². The molecule has 0 bridgehead atoms. The third-order valence-electron chi connectivity index (χ3n) is 2.43. The van der Waals surface area contributed by atoms with Gasteiger partial charge in [0.1, 0.15) is 5.82 Å². The Hall–Kier alpha value is -0.960. The predicted molar refractivity (Wildman–Crippen MR) is 60.7 cm³/mol. The molecule has 0 radical (unpaired) electrons. The maximum atomic E-state index is 9.17. The van der Waals surface area contributed by atoms with Gasteiger partial charge in [-0.2, -0.15) is 0 Å². The van der Waals surface area contributed by atoms with Crippen LogP contribution in [0, 0.1) is 5.92 Å². The van der Waals surface area contributed by atoms with Crippen molar-refractivity contribution >= 4 is 0 Å². The van der Waals surface area contributed by atoms with Crippen molar-refractivity contribution in [1.82, 2.24) is 9.97 Å². The fourth-order valence-electron chi connectivity index (χ4n) is 1.53. The summed E-state index contributed by atoms with van der Waals surface area (Å²) in [6.07, 6.45) is 3.64. The van der Waals surface area contributed by atoms with Gasteiger partial charge in [-0.25, -0.2) is 9.97 Å². The van der Waals surface area contributed by atoms with Gasteiger partial charge in [0.15, 0.2) is 0 Å². The average molecular weight is 208 g/mol. The summed E-state index contributed by atoms with van der Waals surface area (Å²) in [5.74, 6) is 1.46. The second-order valence-corrected chi connectivity index (χ2v) is 4.29. The molecule has 0 saturated heterocycles. The lowest BCUT2D eigenvalue weighted by atomic mass is 10.1. The van der Waals surface area contributed by atoms with Gasteiger partial charge in [0.25, 0.3) is 0 Å². The Morgan fingerprint density at radius 1 is 1.40 bits per heavy atom. The van der Waals surface area contributed by atoms with Crippen LogP contribution in [-0.2, 0) is 6.42 Å². The Morgan fingerprint density at radius 3 is 2.67 bits per heavy atom. The molecular weight excluding hydrogens is 188 g/mol. The van der Waals surface area contributed by atoms with Crippen molar-refractivity contribution < 1.29 is 5.11 Å². The summed E-state index contributed by atoms with van der Waals surface area (Å²) in [6, 6.07) is 1.95. The molecule has 1 unspecified atom stereocenters. The summed E-state index contributed by atoms with van der Waals surface area (Å²) >= 11 is 0. The predicted octanol–water partition coefficient (Wildman–Crippen LogP) is 2.16. The van der Waals surface area contributed by atoms with E-state index >= 15 is 0 Å². The Labute approximate surface area is 91.6 Å². The van der Waals surface area contributed by atoms with Crippen molar-refractivity contribution in [3.63, 3.8) is 0 Å². The molecule has 3 heteroatoms. The molecule has 1 aromatic rings. The fraction of sp³-hybridized carbons (Fsp3) is 0.667. The van der Waals surface area contributed by atoms with E-state index in [0.29, 0.717) is 5.92 Å². The van der Waals surface area contributed by atoms with Gasteiger partial charge in [-0.3, -0.25) is 0 Å². The Kier molecular flexibility index (Phi) is 4.69. The second kappa shape index (κ2) is 5.81. The van der Waals surface area contributed by atoms with Crippen LogP contribution in [-0.4, -0.2) is 21.7 Å². The van der Waals surface area contributed by atoms with Gasteiger partial charge in [0.05, 0.1) is 6.61 Å². The highest BCUT2D eigenvalue weighted by Gasteiger charge is 2.11. The zero-order valence-electron chi connectivity index (χ0n) is 9.77. The van der Waals surface area contributed by atoms with Crippen LogP contribution in [0.1, 0.15) is 44.6 Å². The Balaban J connectivity index is 2.81. The number of nitrogens with zero attached hydrogens (tertiary/aromatic N) is 2. The number of hydrogen-bond acceptors (Lipinski definition) is 3. The van der Waals surface area contributed by atoms with E-state index in [1.165, 1.54) is 0 Å². The molecule has 0 aromatic carbocycles. The average Bonchev–Trinajstić information content (AvgIpc) is 2.19. The van der Waals surface area contributed by atoms with Crippen molar-refractivity contribution in [3.05, 3.63) is 23.8 Å². The molecule has 1 rings (SSSR count). The summed E-state index contributed by atoms with van der Waals surface area (Å²) in [5, 5.41) is 9.17. The van der Waals surface area contributed by atoms with Crippen molar-refractivity contribution in [1.29, 1.82) is 0 Å². The molecule has 0 aliphatic heterocycles. The molecule has 1 aromatic heterocycles. The first-order valence-corrected chi connectivity index (χ1v) is 5.60. The van der Waals surface area contributed by atoms with E-state index < -0.39 is 0 Å². The summed E-state index contributed by atoms with van der Waals surface area (Å²) in [7, 11) is 0. The van der Waals surface area contributed by atoms with Crippen LogP contribution in [0.25, 0.3) is 0 Å². The molecule has 0 amide bonds. The zero-order valence-corrected chi connectivity index (χ0v) is 9.77. The largest absolute Gasteiger partial charge is 0.396 e. The molecule has 1 N–H and O–H groups in total. The molecule has 3 nitrogen and oxygen atoms in total. The third-order valence-corrected chi connectivity index (χ3v) is 2.43. The van der Waals surface area contributed by atoms with E-state index in [-0.39, 0.29) is 12.5 Å². The first-order chi connectivity index (χ1) is 7.17. The maximum Gasteiger partial charge on any atom is 0.133 e. The molecule has 0 saturated carbocycles. The molecule has 1 heterocycles. The third kappa shape index (κ3) is 3.59. The number of rotatable bonds is 5. The van der Waals surface area contributed by atoms with Gasteiger partial charge < -0.3 is 5.11 Å². The molecule has 0 spiro atoms. The highest BCUT2D eigenvalue weighted by atomic mass is 16.3. The monoisotopic (exact) mass is 208 g/mol. The van der Waals surface area contributed by atoms with Crippen LogP contribution >= 0.6 is 0 Å². The van der Waals surface area contributed by atoms with Gasteiger partial charge in [0.2, 0.25) is 0 Å². The zero-order chi connectivity index (χ0) is 11.3. The highest BCUT2D eigenvalue weighted by Crippen LogP contribution is 2.15. The van der Waals surface area contributed by atoms with Crippen molar-refractivity contribution in [2.24, 2.45) is 5.92 Å². The van der Waals surface area contributed by atoms with Crippen LogP contribution in [0.3, 0.4) is 0 Å². The van der Waals surface area contributed by atoms with Crippen LogP contribution in [0.15, 0.2) is 12.3 Å². The van der Waals surface area contributed by atoms with Crippen LogP contribution < -0.4 is 0 Å². The van der Waals surface area contributed by atoms with E-state index in [9.17, 15) is 5.11 Å². The van der Waals surface area contributed by atoms with Crippen LogP contribution in [0.4, 0.5) is 0 Å². The number of hydrogen-bond donors (Lipinski definition) is 1. The Bertz CT molecular complexity index is 295. The number of aromatic nitrogens is 2. The first kappa shape index (κ1) is 12.1. The summed E-state index contributed by atoms with van der Waals surface area (Å²) in [5.41, 5.74) is 1.07. The lowest BCUT2D eigenvalue weighted by Crippen LogP contribution is -2.09. The molecule has 0 aliphatic carbocycles. The normalized spacial score (nSPS) is 13.1. The molecule has 0 aliphatic rings. The quantitative estimate of drug-likeness (QED) is 0.806. The number of aliphatic hydroxyl groups is 1. The van der Waals surface area contributed by atoms with Gasteiger partial charge in [-0.05, 0) is 24.8 Å². The summed E-state index contributed by atoms with van der Waals surface area (Å²) in [6.45, 7) is 6.51. The van der Waals surface area contributed by atoms with E-state index in [1.807, 2.05) is 13.0 Å². The second-order valence-electron chi connectivity index (χ2n) is 4.29. The summed E-state index contributed by atoms with van der Waals surface area (Å²) < 4.78 is 0. The number of aliphatic hydroxyl groups excluding tert-OH is 1. The molecule has 84 valence electrons.